The van der Waals surface area contributed by atoms with Gasteiger partial charge in [0, 0.05) is 19.1 Å². The quantitative estimate of drug-likeness (QED) is 0.790. The maximum atomic E-state index is 12.6. The lowest BCUT2D eigenvalue weighted by atomic mass is 9.99. The zero-order valence-electron chi connectivity index (χ0n) is 12.4. The van der Waals surface area contributed by atoms with Crippen molar-refractivity contribution in [2.24, 2.45) is 5.92 Å². The van der Waals surface area contributed by atoms with Crippen LogP contribution in [0.1, 0.15) is 45.4 Å². The van der Waals surface area contributed by atoms with Gasteiger partial charge in [-0.1, -0.05) is 32.6 Å². The van der Waals surface area contributed by atoms with Crippen molar-refractivity contribution in [2.45, 2.75) is 57.5 Å². The first-order valence-electron chi connectivity index (χ1n) is 7.81. The number of carbonyl (C=O) groups is 1. The average Bonchev–Trinajstić information content (AvgIpc) is 2.71. The number of rotatable bonds is 4. The Morgan fingerprint density at radius 1 is 1.21 bits per heavy atom. The van der Waals surface area contributed by atoms with Gasteiger partial charge >= 0.3 is 0 Å². The van der Waals surface area contributed by atoms with Gasteiger partial charge in [-0.15, -0.1) is 0 Å². The van der Waals surface area contributed by atoms with Crippen LogP contribution in [0.4, 0.5) is 0 Å². The van der Waals surface area contributed by atoms with Gasteiger partial charge in [0.05, 0.1) is 19.1 Å². The second-order valence-corrected chi connectivity index (χ2v) is 5.90. The van der Waals surface area contributed by atoms with Crippen molar-refractivity contribution in [3.8, 4) is 0 Å². The van der Waals surface area contributed by atoms with E-state index >= 15 is 0 Å². The molecule has 0 aromatic heterocycles. The van der Waals surface area contributed by atoms with Crippen molar-refractivity contribution >= 4 is 5.91 Å². The van der Waals surface area contributed by atoms with E-state index in [1.807, 2.05) is 11.9 Å². The van der Waals surface area contributed by atoms with Gasteiger partial charge in [0.25, 0.3) is 0 Å². The fourth-order valence-corrected chi connectivity index (χ4v) is 3.35. The molecule has 1 N–H and O–H groups in total. The minimum Gasteiger partial charge on any atom is -0.379 e. The van der Waals surface area contributed by atoms with Crippen LogP contribution in [0.2, 0.25) is 0 Å². The first-order valence-corrected chi connectivity index (χ1v) is 7.81. The average molecular weight is 268 g/mol. The molecule has 4 nitrogen and oxygen atoms in total. The van der Waals surface area contributed by atoms with E-state index in [9.17, 15) is 4.79 Å². The summed E-state index contributed by atoms with van der Waals surface area (Å²) in [5.41, 5.74) is 0. The number of ether oxygens (including phenoxy) is 1. The zero-order valence-corrected chi connectivity index (χ0v) is 12.4. The largest absolute Gasteiger partial charge is 0.379 e. The first kappa shape index (κ1) is 14.8. The highest BCUT2D eigenvalue weighted by Gasteiger charge is 2.36. The third-order valence-electron chi connectivity index (χ3n) is 4.58. The molecule has 2 rings (SSSR count). The van der Waals surface area contributed by atoms with Crippen molar-refractivity contribution in [3.63, 3.8) is 0 Å². The summed E-state index contributed by atoms with van der Waals surface area (Å²) in [5, 5.41) is 3.37. The normalized spacial score (nSPS) is 29.2. The summed E-state index contributed by atoms with van der Waals surface area (Å²) >= 11 is 0. The molecule has 1 heterocycles. The number of hydrogen-bond acceptors (Lipinski definition) is 3. The van der Waals surface area contributed by atoms with E-state index in [2.05, 4.69) is 12.2 Å². The lowest BCUT2D eigenvalue weighted by Crippen LogP contribution is -2.47. The predicted molar refractivity (Wildman–Crippen MR) is 76.0 cm³/mol. The predicted octanol–water partition coefficient (Wildman–Crippen LogP) is 1.79. The van der Waals surface area contributed by atoms with Crippen LogP contribution in [0.5, 0.6) is 0 Å². The fraction of sp³-hybridized carbons (Fsp3) is 0.933. The van der Waals surface area contributed by atoms with E-state index < -0.39 is 0 Å². The van der Waals surface area contributed by atoms with Crippen LogP contribution >= 0.6 is 0 Å². The van der Waals surface area contributed by atoms with Gasteiger partial charge in [0.2, 0.25) is 5.91 Å². The minimum atomic E-state index is 0.00760. The van der Waals surface area contributed by atoms with Crippen LogP contribution in [0.3, 0.4) is 0 Å². The minimum absolute atomic E-state index is 0.00760. The molecule has 1 saturated carbocycles. The van der Waals surface area contributed by atoms with E-state index in [0.29, 0.717) is 19.3 Å². The smallest absolute Gasteiger partial charge is 0.229 e. The molecule has 0 bridgehead atoms. The molecule has 2 fully saturated rings. The highest BCUT2D eigenvalue weighted by atomic mass is 16.5. The van der Waals surface area contributed by atoms with E-state index in [1.54, 1.807) is 0 Å². The molecule has 2 unspecified atom stereocenters. The van der Waals surface area contributed by atoms with Crippen molar-refractivity contribution in [2.75, 3.05) is 26.8 Å². The van der Waals surface area contributed by atoms with Crippen LogP contribution in [0, 0.1) is 5.92 Å². The number of likely N-dealkylation sites (N-methyl/N-ethyl adjacent to an activating group) is 1. The SMILES string of the molecule is CCNC1COCC1C(=O)N(C)C1CCCCCC1. The molecule has 0 aromatic rings. The van der Waals surface area contributed by atoms with Crippen LogP contribution in [0.15, 0.2) is 0 Å². The molecule has 1 saturated heterocycles. The lowest BCUT2D eigenvalue weighted by Gasteiger charge is -2.31. The first-order chi connectivity index (χ1) is 9.24. The Morgan fingerprint density at radius 2 is 1.89 bits per heavy atom. The van der Waals surface area contributed by atoms with Crippen molar-refractivity contribution < 1.29 is 9.53 Å². The lowest BCUT2D eigenvalue weighted by molar-refractivity contribution is -0.137. The molecule has 110 valence electrons. The molecule has 2 atom stereocenters. The number of nitrogens with one attached hydrogen (secondary N) is 1. The van der Waals surface area contributed by atoms with Crippen molar-refractivity contribution in [1.29, 1.82) is 0 Å². The summed E-state index contributed by atoms with van der Waals surface area (Å²) in [6, 6.07) is 0.642. The second-order valence-electron chi connectivity index (χ2n) is 5.90. The van der Waals surface area contributed by atoms with E-state index in [4.69, 9.17) is 4.74 Å². The van der Waals surface area contributed by atoms with Gasteiger partial charge < -0.3 is 15.0 Å². The summed E-state index contributed by atoms with van der Waals surface area (Å²) in [6.45, 7) is 4.22. The molecule has 4 heteroatoms. The Hall–Kier alpha value is -0.610. The Morgan fingerprint density at radius 3 is 2.53 bits per heavy atom. The van der Waals surface area contributed by atoms with Gasteiger partial charge in [0.15, 0.2) is 0 Å². The van der Waals surface area contributed by atoms with Crippen LogP contribution in [0.25, 0.3) is 0 Å². The topological polar surface area (TPSA) is 41.6 Å². The zero-order chi connectivity index (χ0) is 13.7. The van der Waals surface area contributed by atoms with Crippen molar-refractivity contribution in [3.05, 3.63) is 0 Å². The Labute approximate surface area is 116 Å². The van der Waals surface area contributed by atoms with Crippen LogP contribution < -0.4 is 5.32 Å². The molecular formula is C15H28N2O2. The summed E-state index contributed by atoms with van der Waals surface area (Å²) in [5.74, 6) is 0.281. The third kappa shape index (κ3) is 3.69. The Kier molecular flexibility index (Phi) is 5.64. The van der Waals surface area contributed by atoms with E-state index in [0.717, 1.165) is 6.54 Å². The van der Waals surface area contributed by atoms with Gasteiger partial charge in [-0.2, -0.15) is 0 Å². The molecule has 1 aliphatic carbocycles. The van der Waals surface area contributed by atoms with Gasteiger partial charge in [-0.05, 0) is 19.4 Å². The number of nitrogens with zero attached hydrogens (tertiary/aromatic N) is 1. The Bertz CT molecular complexity index is 288. The molecule has 0 aromatic carbocycles. The standard InChI is InChI=1S/C15H28N2O2/c1-3-16-14-11-19-10-13(14)15(18)17(2)12-8-6-4-5-7-9-12/h12-14,16H,3-11H2,1-2H3. The van der Waals surface area contributed by atoms with E-state index in [-0.39, 0.29) is 17.9 Å². The molecule has 19 heavy (non-hydrogen) atoms. The van der Waals surface area contributed by atoms with Gasteiger partial charge in [-0.3, -0.25) is 4.79 Å². The third-order valence-corrected chi connectivity index (χ3v) is 4.58. The van der Waals surface area contributed by atoms with Crippen molar-refractivity contribution in [1.82, 2.24) is 10.2 Å². The summed E-state index contributed by atoms with van der Waals surface area (Å²) in [6.07, 6.45) is 7.51. The number of carbonyl (C=O) groups excluding carboxylic acids is 1. The molecule has 1 aliphatic heterocycles. The summed E-state index contributed by atoms with van der Waals surface area (Å²) in [7, 11) is 1.99. The maximum Gasteiger partial charge on any atom is 0.229 e. The fourth-order valence-electron chi connectivity index (χ4n) is 3.35. The molecule has 2 aliphatic rings. The van der Waals surface area contributed by atoms with Crippen LogP contribution in [-0.2, 0) is 9.53 Å². The highest BCUT2D eigenvalue weighted by Crippen LogP contribution is 2.24. The molecule has 0 radical (unpaired) electrons. The highest BCUT2D eigenvalue weighted by molar-refractivity contribution is 5.80. The van der Waals surface area contributed by atoms with Gasteiger partial charge in [-0.25, -0.2) is 0 Å². The van der Waals surface area contributed by atoms with Crippen LogP contribution in [-0.4, -0.2) is 49.7 Å². The van der Waals surface area contributed by atoms with Gasteiger partial charge in [0.1, 0.15) is 0 Å². The second kappa shape index (κ2) is 7.25. The molecular weight excluding hydrogens is 240 g/mol. The number of amides is 1. The maximum absolute atomic E-state index is 12.6. The summed E-state index contributed by atoms with van der Waals surface area (Å²) < 4.78 is 5.50. The monoisotopic (exact) mass is 268 g/mol. The molecule has 1 amide bonds. The van der Waals surface area contributed by atoms with E-state index in [1.165, 1.54) is 38.5 Å². The molecule has 0 spiro atoms. The number of hydrogen-bond donors (Lipinski definition) is 1. The Balaban J connectivity index is 1.93. The summed E-state index contributed by atoms with van der Waals surface area (Å²) in [4.78, 5) is 14.7.